The molecule has 3 nitrogen and oxygen atoms in total. The van der Waals surface area contributed by atoms with Crippen molar-refractivity contribution in [2.24, 2.45) is 0 Å². The van der Waals surface area contributed by atoms with E-state index < -0.39 is 9.84 Å². The molecular weight excluding hydrogens is 248 g/mol. The van der Waals surface area contributed by atoms with Crippen molar-refractivity contribution in [1.29, 1.82) is 0 Å². The molecule has 0 aliphatic heterocycles. The fraction of sp³-hybridized carbons (Fsp3) is 0.571. The van der Waals surface area contributed by atoms with Crippen LogP contribution in [0.15, 0.2) is 30.3 Å². The fourth-order valence-electron chi connectivity index (χ4n) is 2.38. The maximum atomic E-state index is 12.1. The summed E-state index contributed by atoms with van der Waals surface area (Å²) in [5, 5.41) is -0.134. The second-order valence-electron chi connectivity index (χ2n) is 4.79. The normalized spacial score (nSPS) is 17.6. The highest BCUT2D eigenvalue weighted by Crippen LogP contribution is 2.24. The average Bonchev–Trinajstić information content (AvgIpc) is 2.41. The second-order valence-corrected chi connectivity index (χ2v) is 7.19. The van der Waals surface area contributed by atoms with E-state index in [-0.39, 0.29) is 17.6 Å². The van der Waals surface area contributed by atoms with Crippen molar-refractivity contribution < 1.29 is 13.2 Å². The van der Waals surface area contributed by atoms with E-state index in [1.54, 1.807) is 0 Å². The van der Waals surface area contributed by atoms with Gasteiger partial charge < -0.3 is 4.74 Å². The van der Waals surface area contributed by atoms with Crippen molar-refractivity contribution in [3.8, 4) is 5.75 Å². The molecule has 1 aliphatic carbocycles. The summed E-state index contributed by atoms with van der Waals surface area (Å²) in [6.45, 7) is 0.253. The Bertz CT molecular complexity index is 447. The van der Waals surface area contributed by atoms with Gasteiger partial charge in [-0.1, -0.05) is 37.5 Å². The van der Waals surface area contributed by atoms with Gasteiger partial charge in [-0.3, -0.25) is 0 Å². The van der Waals surface area contributed by atoms with Gasteiger partial charge in [0.25, 0.3) is 0 Å². The number of hydrogen-bond donors (Lipinski definition) is 0. The van der Waals surface area contributed by atoms with Crippen LogP contribution in [-0.4, -0.2) is 26.0 Å². The highest BCUT2D eigenvalue weighted by atomic mass is 32.2. The molecule has 0 unspecified atom stereocenters. The molecule has 1 aliphatic rings. The van der Waals surface area contributed by atoms with E-state index in [0.717, 1.165) is 31.4 Å². The van der Waals surface area contributed by atoms with Crippen LogP contribution in [0.4, 0.5) is 0 Å². The summed E-state index contributed by atoms with van der Waals surface area (Å²) in [6, 6.07) is 9.35. The Hall–Kier alpha value is -1.03. The molecule has 0 amide bonds. The van der Waals surface area contributed by atoms with Gasteiger partial charge in [-0.25, -0.2) is 8.42 Å². The molecule has 0 radical (unpaired) electrons. The van der Waals surface area contributed by atoms with Crippen LogP contribution in [0.25, 0.3) is 0 Å². The highest BCUT2D eigenvalue weighted by Gasteiger charge is 2.26. The van der Waals surface area contributed by atoms with Crippen LogP contribution in [0.3, 0.4) is 0 Å². The Labute approximate surface area is 109 Å². The molecule has 4 heteroatoms. The molecule has 1 fully saturated rings. The number of hydrogen-bond acceptors (Lipinski definition) is 3. The predicted octanol–water partition coefficient (Wildman–Crippen LogP) is 2.81. The van der Waals surface area contributed by atoms with Crippen LogP contribution in [-0.2, 0) is 9.84 Å². The van der Waals surface area contributed by atoms with Crippen LogP contribution in [0.1, 0.15) is 32.1 Å². The van der Waals surface area contributed by atoms with E-state index in [1.165, 1.54) is 6.42 Å². The summed E-state index contributed by atoms with van der Waals surface area (Å²) >= 11 is 0. The number of benzene rings is 1. The first-order valence-corrected chi connectivity index (χ1v) is 8.29. The van der Waals surface area contributed by atoms with Crippen molar-refractivity contribution in [3.63, 3.8) is 0 Å². The first-order valence-electron chi connectivity index (χ1n) is 6.58. The third-order valence-corrected chi connectivity index (χ3v) is 5.66. The van der Waals surface area contributed by atoms with E-state index in [1.807, 2.05) is 30.3 Å². The molecule has 1 aromatic carbocycles. The van der Waals surface area contributed by atoms with Crippen molar-refractivity contribution in [2.45, 2.75) is 37.4 Å². The van der Waals surface area contributed by atoms with E-state index in [4.69, 9.17) is 4.74 Å². The van der Waals surface area contributed by atoms with Crippen LogP contribution in [0.5, 0.6) is 5.75 Å². The van der Waals surface area contributed by atoms with Crippen molar-refractivity contribution in [2.75, 3.05) is 12.4 Å². The highest BCUT2D eigenvalue weighted by molar-refractivity contribution is 7.92. The van der Waals surface area contributed by atoms with E-state index in [0.29, 0.717) is 0 Å². The van der Waals surface area contributed by atoms with Crippen LogP contribution < -0.4 is 4.74 Å². The first-order chi connectivity index (χ1) is 8.68. The van der Waals surface area contributed by atoms with Gasteiger partial charge in [-0.2, -0.15) is 0 Å². The average molecular weight is 268 g/mol. The minimum Gasteiger partial charge on any atom is -0.493 e. The number of sulfone groups is 1. The van der Waals surface area contributed by atoms with E-state index >= 15 is 0 Å². The van der Waals surface area contributed by atoms with Gasteiger partial charge in [-0.15, -0.1) is 0 Å². The minimum atomic E-state index is -2.98. The Kier molecular flexibility index (Phi) is 4.64. The lowest BCUT2D eigenvalue weighted by atomic mass is 10.0. The SMILES string of the molecule is O=S(=O)(CCOc1ccccc1)C1CCCCC1. The molecule has 1 aromatic rings. The van der Waals surface area contributed by atoms with Gasteiger partial charge in [0.15, 0.2) is 9.84 Å². The zero-order valence-electron chi connectivity index (χ0n) is 10.5. The lowest BCUT2D eigenvalue weighted by Gasteiger charge is -2.21. The topological polar surface area (TPSA) is 43.4 Å². The number of rotatable bonds is 5. The lowest BCUT2D eigenvalue weighted by Crippen LogP contribution is -2.28. The third-order valence-electron chi connectivity index (χ3n) is 3.44. The Balaban J connectivity index is 1.82. The molecule has 100 valence electrons. The molecule has 1 saturated carbocycles. The second kappa shape index (κ2) is 6.23. The summed E-state index contributed by atoms with van der Waals surface area (Å²) < 4.78 is 29.6. The van der Waals surface area contributed by atoms with Gasteiger partial charge >= 0.3 is 0 Å². The zero-order valence-corrected chi connectivity index (χ0v) is 11.4. The third kappa shape index (κ3) is 3.73. The quantitative estimate of drug-likeness (QED) is 0.824. The largest absolute Gasteiger partial charge is 0.493 e. The minimum absolute atomic E-state index is 0.132. The van der Waals surface area contributed by atoms with Crippen LogP contribution in [0, 0.1) is 0 Å². The molecule has 0 bridgehead atoms. The van der Waals surface area contributed by atoms with E-state index in [2.05, 4.69) is 0 Å². The van der Waals surface area contributed by atoms with Gasteiger partial charge in [0, 0.05) is 0 Å². The molecule has 18 heavy (non-hydrogen) atoms. The van der Waals surface area contributed by atoms with Gasteiger partial charge in [0.1, 0.15) is 12.4 Å². The maximum Gasteiger partial charge on any atom is 0.156 e. The fourth-order valence-corrected chi connectivity index (χ4v) is 4.08. The van der Waals surface area contributed by atoms with Crippen molar-refractivity contribution in [1.82, 2.24) is 0 Å². The Morgan fingerprint density at radius 1 is 1.06 bits per heavy atom. The summed E-state index contributed by atoms with van der Waals surface area (Å²) in [7, 11) is -2.98. The van der Waals surface area contributed by atoms with Crippen LogP contribution in [0.2, 0.25) is 0 Å². The Morgan fingerprint density at radius 3 is 2.39 bits per heavy atom. The maximum absolute atomic E-state index is 12.1. The molecule has 0 aromatic heterocycles. The van der Waals surface area contributed by atoms with Gasteiger partial charge in [0.2, 0.25) is 0 Å². The lowest BCUT2D eigenvalue weighted by molar-refractivity contribution is 0.339. The molecule has 0 saturated heterocycles. The van der Waals surface area contributed by atoms with Gasteiger partial charge in [0.05, 0.1) is 11.0 Å². The number of para-hydroxylation sites is 1. The number of ether oxygens (including phenoxy) is 1. The molecule has 0 atom stereocenters. The summed E-state index contributed by atoms with van der Waals surface area (Å²) in [4.78, 5) is 0. The Morgan fingerprint density at radius 2 is 1.72 bits per heavy atom. The smallest absolute Gasteiger partial charge is 0.156 e. The van der Waals surface area contributed by atoms with E-state index in [9.17, 15) is 8.42 Å². The summed E-state index contributed by atoms with van der Waals surface area (Å²) in [5.74, 6) is 0.864. The summed E-state index contributed by atoms with van der Waals surface area (Å²) in [5.41, 5.74) is 0. The molecule has 0 spiro atoms. The van der Waals surface area contributed by atoms with Gasteiger partial charge in [-0.05, 0) is 25.0 Å². The monoisotopic (exact) mass is 268 g/mol. The first kappa shape index (κ1) is 13.4. The summed E-state index contributed by atoms with van der Waals surface area (Å²) in [6.07, 6.45) is 4.92. The molecule has 2 rings (SSSR count). The van der Waals surface area contributed by atoms with Crippen LogP contribution >= 0.6 is 0 Å². The zero-order chi connectivity index (χ0) is 12.8. The molecule has 0 N–H and O–H groups in total. The molecular formula is C14H20O3S. The predicted molar refractivity (Wildman–Crippen MR) is 72.6 cm³/mol. The van der Waals surface area contributed by atoms with Crippen molar-refractivity contribution in [3.05, 3.63) is 30.3 Å². The standard InChI is InChI=1S/C14H20O3S/c15-18(16,14-9-5-2-6-10-14)12-11-17-13-7-3-1-4-8-13/h1,3-4,7-8,14H,2,5-6,9-12H2. The molecule has 0 heterocycles. The van der Waals surface area contributed by atoms with Crippen molar-refractivity contribution >= 4 is 9.84 Å².